The number of nitrogens with zero attached hydrogens (tertiary/aromatic N) is 2. The van der Waals surface area contributed by atoms with E-state index < -0.39 is 0 Å². The standard InChI is InChI=1S/C19H21N5O2/c1-11(2)8-17(25)21-14-4-6-15(7-5-14)22-19(26)13-9-16-12(3)23-24-18(16)20-10-13/h4-7,9-11H,8H2,1-3H3,(H,21,25)(H,22,26)(H,20,23,24). The number of benzene rings is 1. The van der Waals surface area contributed by atoms with Crippen molar-refractivity contribution in [2.24, 2.45) is 5.92 Å². The first-order chi connectivity index (χ1) is 12.4. The van der Waals surface area contributed by atoms with Crippen LogP contribution in [-0.4, -0.2) is 27.0 Å². The molecule has 7 heteroatoms. The predicted octanol–water partition coefficient (Wildman–Crippen LogP) is 3.50. The number of anilines is 2. The van der Waals surface area contributed by atoms with Crippen molar-refractivity contribution in [2.45, 2.75) is 27.2 Å². The number of pyridine rings is 1. The van der Waals surface area contributed by atoms with Gasteiger partial charge in [-0.1, -0.05) is 13.8 Å². The highest BCUT2D eigenvalue weighted by Crippen LogP contribution is 2.18. The average molecular weight is 351 g/mol. The predicted molar refractivity (Wildman–Crippen MR) is 101 cm³/mol. The van der Waals surface area contributed by atoms with Crippen molar-refractivity contribution in [1.82, 2.24) is 15.2 Å². The quantitative estimate of drug-likeness (QED) is 0.655. The number of carbonyl (C=O) groups excluding carboxylic acids is 2. The molecule has 1 aromatic carbocycles. The Hall–Kier alpha value is -3.22. The number of aromatic nitrogens is 3. The zero-order chi connectivity index (χ0) is 18.7. The molecule has 0 radical (unpaired) electrons. The largest absolute Gasteiger partial charge is 0.326 e. The van der Waals surface area contributed by atoms with Crippen LogP contribution in [0.25, 0.3) is 11.0 Å². The monoisotopic (exact) mass is 351 g/mol. The Morgan fingerprint density at radius 3 is 2.42 bits per heavy atom. The van der Waals surface area contributed by atoms with Crippen molar-refractivity contribution in [2.75, 3.05) is 10.6 Å². The van der Waals surface area contributed by atoms with Gasteiger partial charge in [0, 0.05) is 35.1 Å². The minimum absolute atomic E-state index is 0.0216. The summed E-state index contributed by atoms with van der Waals surface area (Å²) >= 11 is 0. The topological polar surface area (TPSA) is 99.8 Å². The smallest absolute Gasteiger partial charge is 0.257 e. The highest BCUT2D eigenvalue weighted by Gasteiger charge is 2.11. The summed E-state index contributed by atoms with van der Waals surface area (Å²) < 4.78 is 0. The molecule has 3 N–H and O–H groups in total. The SMILES string of the molecule is Cc1[nH]nc2ncc(C(=O)Nc3ccc(NC(=O)CC(C)C)cc3)cc12. The average Bonchev–Trinajstić information content (AvgIpc) is 2.96. The van der Waals surface area contributed by atoms with E-state index in [1.807, 2.05) is 20.8 Å². The summed E-state index contributed by atoms with van der Waals surface area (Å²) in [6.45, 7) is 5.87. The maximum atomic E-state index is 12.4. The summed E-state index contributed by atoms with van der Waals surface area (Å²) in [6.07, 6.45) is 1.97. The molecule has 7 nitrogen and oxygen atoms in total. The van der Waals surface area contributed by atoms with Crippen LogP contribution in [0.1, 0.15) is 36.3 Å². The Morgan fingerprint density at radius 2 is 1.77 bits per heavy atom. The van der Waals surface area contributed by atoms with Gasteiger partial charge >= 0.3 is 0 Å². The van der Waals surface area contributed by atoms with Gasteiger partial charge < -0.3 is 10.6 Å². The van der Waals surface area contributed by atoms with Gasteiger partial charge in [-0.25, -0.2) is 4.98 Å². The summed E-state index contributed by atoms with van der Waals surface area (Å²) in [4.78, 5) is 28.4. The molecule has 0 fully saturated rings. The van der Waals surface area contributed by atoms with Crippen LogP contribution in [-0.2, 0) is 4.79 Å². The third-order valence-corrected chi connectivity index (χ3v) is 3.88. The lowest BCUT2D eigenvalue weighted by Gasteiger charge is -2.09. The molecule has 0 bridgehead atoms. The molecule has 134 valence electrons. The lowest BCUT2D eigenvalue weighted by atomic mass is 10.1. The Morgan fingerprint density at radius 1 is 1.12 bits per heavy atom. The normalized spacial score (nSPS) is 10.9. The molecule has 0 aliphatic heterocycles. The lowest BCUT2D eigenvalue weighted by Crippen LogP contribution is -2.14. The van der Waals surface area contributed by atoms with E-state index in [0.29, 0.717) is 34.9 Å². The van der Waals surface area contributed by atoms with E-state index in [1.165, 1.54) is 6.20 Å². The Balaban J connectivity index is 1.67. The Bertz CT molecular complexity index is 944. The summed E-state index contributed by atoms with van der Waals surface area (Å²) in [5, 5.41) is 13.4. The minimum atomic E-state index is -0.253. The lowest BCUT2D eigenvalue weighted by molar-refractivity contribution is -0.116. The molecule has 3 rings (SSSR count). The molecular weight excluding hydrogens is 330 g/mol. The van der Waals surface area contributed by atoms with E-state index in [4.69, 9.17) is 0 Å². The highest BCUT2D eigenvalue weighted by atomic mass is 16.2. The number of hydrogen-bond donors (Lipinski definition) is 3. The molecule has 2 amide bonds. The molecule has 26 heavy (non-hydrogen) atoms. The van der Waals surface area contributed by atoms with Crippen LogP contribution in [0.4, 0.5) is 11.4 Å². The zero-order valence-electron chi connectivity index (χ0n) is 15.0. The van der Waals surface area contributed by atoms with Crippen LogP contribution in [0.5, 0.6) is 0 Å². The number of amides is 2. The second-order valence-corrected chi connectivity index (χ2v) is 6.62. The van der Waals surface area contributed by atoms with Crippen molar-refractivity contribution >= 4 is 34.2 Å². The molecule has 0 spiro atoms. The van der Waals surface area contributed by atoms with Crippen LogP contribution >= 0.6 is 0 Å². The van der Waals surface area contributed by atoms with Gasteiger partial charge in [-0.05, 0) is 43.2 Å². The fraction of sp³-hybridized carbons (Fsp3) is 0.263. The van der Waals surface area contributed by atoms with Crippen molar-refractivity contribution < 1.29 is 9.59 Å². The van der Waals surface area contributed by atoms with Gasteiger partial charge in [0.2, 0.25) is 5.91 Å². The molecule has 0 aliphatic carbocycles. The summed E-state index contributed by atoms with van der Waals surface area (Å²) in [5.41, 5.74) is 3.24. The van der Waals surface area contributed by atoms with Crippen molar-refractivity contribution in [3.8, 4) is 0 Å². The van der Waals surface area contributed by atoms with Crippen LogP contribution in [0.3, 0.4) is 0 Å². The second kappa shape index (κ2) is 7.35. The Labute approximate surface area is 151 Å². The van der Waals surface area contributed by atoms with E-state index in [9.17, 15) is 9.59 Å². The maximum absolute atomic E-state index is 12.4. The van der Waals surface area contributed by atoms with Crippen molar-refractivity contribution in [3.05, 3.63) is 47.8 Å². The third kappa shape index (κ3) is 4.05. The fourth-order valence-electron chi connectivity index (χ4n) is 2.57. The number of rotatable bonds is 5. The number of carbonyl (C=O) groups is 2. The van der Waals surface area contributed by atoms with Crippen LogP contribution < -0.4 is 10.6 Å². The van der Waals surface area contributed by atoms with Gasteiger partial charge in [-0.3, -0.25) is 14.7 Å². The number of H-pyrrole nitrogens is 1. The fourth-order valence-corrected chi connectivity index (χ4v) is 2.57. The van der Waals surface area contributed by atoms with E-state index in [1.54, 1.807) is 30.3 Å². The van der Waals surface area contributed by atoms with E-state index >= 15 is 0 Å². The first-order valence-electron chi connectivity index (χ1n) is 8.44. The van der Waals surface area contributed by atoms with Gasteiger partial charge in [0.15, 0.2) is 5.65 Å². The first-order valence-corrected chi connectivity index (χ1v) is 8.44. The van der Waals surface area contributed by atoms with E-state index in [-0.39, 0.29) is 11.8 Å². The molecular formula is C19H21N5O2. The summed E-state index contributed by atoms with van der Waals surface area (Å²) in [5.74, 6) is 0.0293. The molecule has 0 aliphatic rings. The summed E-state index contributed by atoms with van der Waals surface area (Å²) in [6, 6.07) is 8.78. The van der Waals surface area contributed by atoms with E-state index in [2.05, 4.69) is 25.8 Å². The second-order valence-electron chi connectivity index (χ2n) is 6.62. The molecule has 0 saturated carbocycles. The van der Waals surface area contributed by atoms with Gasteiger partial charge in [0.05, 0.1) is 5.56 Å². The number of aromatic amines is 1. The van der Waals surface area contributed by atoms with Gasteiger partial charge in [-0.2, -0.15) is 5.10 Å². The van der Waals surface area contributed by atoms with Gasteiger partial charge in [-0.15, -0.1) is 0 Å². The minimum Gasteiger partial charge on any atom is -0.326 e. The van der Waals surface area contributed by atoms with Gasteiger partial charge in [0.25, 0.3) is 5.91 Å². The van der Waals surface area contributed by atoms with Crippen LogP contribution in [0.2, 0.25) is 0 Å². The zero-order valence-corrected chi connectivity index (χ0v) is 15.0. The maximum Gasteiger partial charge on any atom is 0.257 e. The van der Waals surface area contributed by atoms with Gasteiger partial charge in [0.1, 0.15) is 0 Å². The molecule has 0 unspecified atom stereocenters. The van der Waals surface area contributed by atoms with Crippen LogP contribution in [0.15, 0.2) is 36.5 Å². The molecule has 0 atom stereocenters. The first kappa shape index (κ1) is 17.6. The Kier molecular flexibility index (Phi) is 4.97. The van der Waals surface area contributed by atoms with Crippen molar-refractivity contribution in [1.29, 1.82) is 0 Å². The van der Waals surface area contributed by atoms with Crippen molar-refractivity contribution in [3.63, 3.8) is 0 Å². The molecule has 3 aromatic rings. The number of aryl methyl sites for hydroxylation is 1. The molecule has 2 heterocycles. The molecule has 2 aromatic heterocycles. The highest BCUT2D eigenvalue weighted by molar-refractivity contribution is 6.05. The summed E-state index contributed by atoms with van der Waals surface area (Å²) in [7, 11) is 0. The molecule has 0 saturated heterocycles. The number of nitrogens with one attached hydrogen (secondary N) is 3. The number of fused-ring (bicyclic) bond motifs is 1. The van der Waals surface area contributed by atoms with E-state index in [0.717, 1.165) is 11.1 Å². The number of hydrogen-bond acceptors (Lipinski definition) is 4. The van der Waals surface area contributed by atoms with Crippen LogP contribution in [0, 0.1) is 12.8 Å². The third-order valence-electron chi connectivity index (χ3n) is 3.88.